The van der Waals surface area contributed by atoms with Gasteiger partial charge in [-0.2, -0.15) is 0 Å². The number of piperidine rings is 1. The van der Waals surface area contributed by atoms with Crippen LogP contribution in [0.15, 0.2) is 24.3 Å². The van der Waals surface area contributed by atoms with Crippen molar-refractivity contribution in [2.75, 3.05) is 26.7 Å². The molecule has 2 rings (SSSR count). The summed E-state index contributed by atoms with van der Waals surface area (Å²) in [6, 6.07) is 8.56. The summed E-state index contributed by atoms with van der Waals surface area (Å²) in [4.78, 5) is 2.41. The van der Waals surface area contributed by atoms with Gasteiger partial charge in [-0.15, -0.1) is 0 Å². The van der Waals surface area contributed by atoms with E-state index in [4.69, 9.17) is 0 Å². The molecule has 0 saturated carbocycles. The predicted molar refractivity (Wildman–Crippen MR) is 79.0 cm³/mol. The minimum atomic E-state index is 0.121. The zero-order valence-electron chi connectivity index (χ0n) is 12.1. The Morgan fingerprint density at radius 3 is 2.79 bits per heavy atom. The summed E-state index contributed by atoms with van der Waals surface area (Å²) in [6.07, 6.45) is 2.60. The summed E-state index contributed by atoms with van der Waals surface area (Å²) in [7, 11) is 2.20. The van der Waals surface area contributed by atoms with Gasteiger partial charge in [0.15, 0.2) is 0 Å². The predicted octanol–water partition coefficient (Wildman–Crippen LogP) is 2.17. The van der Waals surface area contributed by atoms with Crippen LogP contribution >= 0.6 is 0 Å². The molecule has 3 nitrogen and oxygen atoms in total. The molecule has 1 heterocycles. The van der Waals surface area contributed by atoms with E-state index in [2.05, 4.69) is 36.3 Å². The Morgan fingerprint density at radius 2 is 2.11 bits per heavy atom. The second-order valence-corrected chi connectivity index (χ2v) is 5.78. The molecule has 0 aromatic heterocycles. The summed E-state index contributed by atoms with van der Waals surface area (Å²) in [5, 5.41) is 12.8. The van der Waals surface area contributed by atoms with Gasteiger partial charge in [-0.05, 0) is 63.5 Å². The van der Waals surface area contributed by atoms with Gasteiger partial charge in [0.2, 0.25) is 0 Å². The zero-order valence-corrected chi connectivity index (χ0v) is 12.1. The lowest BCUT2D eigenvalue weighted by Gasteiger charge is -2.30. The van der Waals surface area contributed by atoms with E-state index in [9.17, 15) is 5.11 Å². The molecular weight excluding hydrogens is 236 g/mol. The average molecular weight is 262 g/mol. The highest BCUT2D eigenvalue weighted by atomic mass is 16.3. The number of hydrogen-bond donors (Lipinski definition) is 2. The minimum Gasteiger partial charge on any atom is -0.392 e. The van der Waals surface area contributed by atoms with Crippen LogP contribution in [0.4, 0.5) is 0 Å². The first-order chi connectivity index (χ1) is 9.19. The van der Waals surface area contributed by atoms with Gasteiger partial charge in [-0.1, -0.05) is 24.3 Å². The van der Waals surface area contributed by atoms with E-state index in [1.807, 2.05) is 12.1 Å². The SMILES string of the molecule is CC(NCC1CCN(C)CC1)c1cccc(CO)c1. The van der Waals surface area contributed by atoms with Gasteiger partial charge in [0.1, 0.15) is 0 Å². The molecule has 2 N–H and O–H groups in total. The van der Waals surface area contributed by atoms with E-state index in [0.717, 1.165) is 18.0 Å². The molecule has 1 unspecified atom stereocenters. The molecule has 0 radical (unpaired) electrons. The maximum Gasteiger partial charge on any atom is 0.0681 e. The maximum absolute atomic E-state index is 9.18. The van der Waals surface area contributed by atoms with Crippen molar-refractivity contribution >= 4 is 0 Å². The van der Waals surface area contributed by atoms with Crippen molar-refractivity contribution in [2.24, 2.45) is 5.92 Å². The number of nitrogens with one attached hydrogen (secondary N) is 1. The first-order valence-corrected chi connectivity index (χ1v) is 7.30. The van der Waals surface area contributed by atoms with Crippen LogP contribution in [0.3, 0.4) is 0 Å². The smallest absolute Gasteiger partial charge is 0.0681 e. The summed E-state index contributed by atoms with van der Waals surface area (Å²) in [5.41, 5.74) is 2.25. The standard InChI is InChI=1S/C16H26N2O/c1-13(16-5-3-4-15(10-16)12-19)17-11-14-6-8-18(2)9-7-14/h3-5,10,13-14,17,19H,6-9,11-12H2,1-2H3. The third-order valence-electron chi connectivity index (χ3n) is 4.18. The number of nitrogens with zero attached hydrogens (tertiary/aromatic N) is 1. The Balaban J connectivity index is 1.81. The molecule has 0 amide bonds. The first kappa shape index (κ1) is 14.5. The second kappa shape index (κ2) is 7.04. The molecule has 0 aliphatic carbocycles. The highest BCUT2D eigenvalue weighted by molar-refractivity contribution is 5.25. The highest BCUT2D eigenvalue weighted by Gasteiger charge is 2.17. The Hall–Kier alpha value is -0.900. The maximum atomic E-state index is 9.18. The van der Waals surface area contributed by atoms with Crippen LogP contribution in [0.2, 0.25) is 0 Å². The molecule has 1 aliphatic rings. The van der Waals surface area contributed by atoms with E-state index in [-0.39, 0.29) is 6.61 Å². The van der Waals surface area contributed by atoms with Crippen LogP contribution < -0.4 is 5.32 Å². The average Bonchev–Trinajstić information content (AvgIpc) is 2.46. The summed E-state index contributed by atoms with van der Waals surface area (Å²) in [5.74, 6) is 0.805. The van der Waals surface area contributed by atoms with Crippen molar-refractivity contribution in [3.05, 3.63) is 35.4 Å². The molecule has 1 aromatic rings. The Morgan fingerprint density at radius 1 is 1.37 bits per heavy atom. The molecule has 0 bridgehead atoms. The lowest BCUT2D eigenvalue weighted by molar-refractivity contribution is 0.213. The molecule has 3 heteroatoms. The van der Waals surface area contributed by atoms with Crippen molar-refractivity contribution in [3.63, 3.8) is 0 Å². The van der Waals surface area contributed by atoms with Crippen LogP contribution in [0.5, 0.6) is 0 Å². The third-order valence-corrected chi connectivity index (χ3v) is 4.18. The number of rotatable bonds is 5. The second-order valence-electron chi connectivity index (χ2n) is 5.78. The van der Waals surface area contributed by atoms with Crippen LogP contribution in [-0.4, -0.2) is 36.7 Å². The third kappa shape index (κ3) is 4.30. The van der Waals surface area contributed by atoms with E-state index >= 15 is 0 Å². The van der Waals surface area contributed by atoms with Gasteiger partial charge in [-0.3, -0.25) is 0 Å². The van der Waals surface area contributed by atoms with Crippen molar-refractivity contribution in [1.29, 1.82) is 0 Å². The number of likely N-dealkylation sites (tertiary alicyclic amines) is 1. The van der Waals surface area contributed by atoms with Crippen LogP contribution in [0.1, 0.15) is 36.9 Å². The molecule has 1 saturated heterocycles. The fraction of sp³-hybridized carbons (Fsp3) is 0.625. The summed E-state index contributed by atoms with van der Waals surface area (Å²) < 4.78 is 0. The molecule has 1 atom stereocenters. The normalized spacial score (nSPS) is 19.5. The van der Waals surface area contributed by atoms with Gasteiger partial charge < -0.3 is 15.3 Å². The summed E-state index contributed by atoms with van der Waals surface area (Å²) in [6.45, 7) is 5.86. The van der Waals surface area contributed by atoms with Crippen molar-refractivity contribution in [3.8, 4) is 0 Å². The van der Waals surface area contributed by atoms with Crippen molar-refractivity contribution < 1.29 is 5.11 Å². The van der Waals surface area contributed by atoms with Crippen LogP contribution in [-0.2, 0) is 6.61 Å². The number of aliphatic hydroxyl groups is 1. The van der Waals surface area contributed by atoms with Gasteiger partial charge >= 0.3 is 0 Å². The molecule has 1 aliphatic heterocycles. The molecule has 1 fully saturated rings. The molecule has 19 heavy (non-hydrogen) atoms. The Bertz CT molecular complexity index is 386. The molecular formula is C16H26N2O. The fourth-order valence-corrected chi connectivity index (χ4v) is 2.69. The lowest BCUT2D eigenvalue weighted by atomic mass is 9.96. The van der Waals surface area contributed by atoms with Gasteiger partial charge in [-0.25, -0.2) is 0 Å². The van der Waals surface area contributed by atoms with E-state index in [0.29, 0.717) is 6.04 Å². The quantitative estimate of drug-likeness (QED) is 0.853. The lowest BCUT2D eigenvalue weighted by Crippen LogP contribution is -2.35. The Labute approximate surface area is 116 Å². The number of aliphatic hydroxyl groups excluding tert-OH is 1. The van der Waals surface area contributed by atoms with Gasteiger partial charge in [0.25, 0.3) is 0 Å². The number of benzene rings is 1. The van der Waals surface area contributed by atoms with Crippen LogP contribution in [0.25, 0.3) is 0 Å². The van der Waals surface area contributed by atoms with Crippen molar-refractivity contribution in [1.82, 2.24) is 10.2 Å². The largest absolute Gasteiger partial charge is 0.392 e. The van der Waals surface area contributed by atoms with Crippen molar-refractivity contribution in [2.45, 2.75) is 32.4 Å². The van der Waals surface area contributed by atoms with Gasteiger partial charge in [0, 0.05) is 6.04 Å². The fourth-order valence-electron chi connectivity index (χ4n) is 2.69. The zero-order chi connectivity index (χ0) is 13.7. The highest BCUT2D eigenvalue weighted by Crippen LogP contribution is 2.18. The monoisotopic (exact) mass is 262 g/mol. The van der Waals surface area contributed by atoms with Crippen LogP contribution in [0, 0.1) is 5.92 Å². The van der Waals surface area contributed by atoms with E-state index in [1.54, 1.807) is 0 Å². The molecule has 106 valence electrons. The van der Waals surface area contributed by atoms with Gasteiger partial charge in [0.05, 0.1) is 6.61 Å². The van der Waals surface area contributed by atoms with E-state index in [1.165, 1.54) is 31.5 Å². The minimum absolute atomic E-state index is 0.121. The summed E-state index contributed by atoms with van der Waals surface area (Å²) >= 11 is 0. The Kier molecular flexibility index (Phi) is 5.37. The molecule has 1 aromatic carbocycles. The number of hydrogen-bond acceptors (Lipinski definition) is 3. The molecule has 0 spiro atoms. The topological polar surface area (TPSA) is 35.5 Å². The first-order valence-electron chi connectivity index (χ1n) is 7.30. The van der Waals surface area contributed by atoms with E-state index < -0.39 is 0 Å².